The van der Waals surface area contributed by atoms with Crippen molar-refractivity contribution in [3.63, 3.8) is 0 Å². The van der Waals surface area contributed by atoms with E-state index < -0.39 is 0 Å². The van der Waals surface area contributed by atoms with E-state index in [1.54, 1.807) is 7.11 Å². The monoisotopic (exact) mass is 396 g/mol. The number of aryl methyl sites for hydroxylation is 1. The van der Waals surface area contributed by atoms with Gasteiger partial charge in [0, 0.05) is 44.1 Å². The van der Waals surface area contributed by atoms with Crippen molar-refractivity contribution >= 4 is 5.91 Å². The second-order valence-corrected chi connectivity index (χ2v) is 8.75. The molecule has 0 aliphatic carbocycles. The van der Waals surface area contributed by atoms with Gasteiger partial charge in [0.2, 0.25) is 5.91 Å². The van der Waals surface area contributed by atoms with Crippen molar-refractivity contribution in [3.8, 4) is 11.3 Å². The van der Waals surface area contributed by atoms with Crippen LogP contribution in [-0.4, -0.2) is 55.6 Å². The fraction of sp³-hybridized carbons (Fsp3) is 0.542. The van der Waals surface area contributed by atoms with E-state index in [0.29, 0.717) is 19.6 Å². The molecule has 0 saturated carbocycles. The van der Waals surface area contributed by atoms with Crippen LogP contribution in [0.5, 0.6) is 0 Å². The van der Waals surface area contributed by atoms with Crippen LogP contribution in [0.2, 0.25) is 0 Å². The van der Waals surface area contributed by atoms with Gasteiger partial charge in [0.05, 0.1) is 13.2 Å². The molecule has 29 heavy (non-hydrogen) atoms. The van der Waals surface area contributed by atoms with Gasteiger partial charge in [-0.15, -0.1) is 0 Å². The molecule has 2 aliphatic rings. The Bertz CT molecular complexity index is 829. The standard InChI is InChI=1S/C24H32N2O3/c1-19-4-6-20(7-5-19)22-9-8-21(29-22)16-25-13-3-11-24(17-25)12-10-23(27)26(18-24)14-15-28-2/h4-9H,3,10-18H2,1-2H3/t24-/m0/s1. The summed E-state index contributed by atoms with van der Waals surface area (Å²) in [7, 11) is 1.70. The van der Waals surface area contributed by atoms with E-state index in [9.17, 15) is 4.79 Å². The van der Waals surface area contributed by atoms with Crippen molar-refractivity contribution in [3.05, 3.63) is 47.7 Å². The van der Waals surface area contributed by atoms with Gasteiger partial charge in [-0.1, -0.05) is 29.8 Å². The minimum Gasteiger partial charge on any atom is -0.460 e. The number of ether oxygens (including phenoxy) is 1. The summed E-state index contributed by atoms with van der Waals surface area (Å²) in [5.41, 5.74) is 2.59. The molecule has 1 aromatic carbocycles. The first kappa shape index (κ1) is 20.2. The van der Waals surface area contributed by atoms with Gasteiger partial charge in [-0.25, -0.2) is 0 Å². The summed E-state index contributed by atoms with van der Waals surface area (Å²) in [4.78, 5) is 16.8. The van der Waals surface area contributed by atoms with Gasteiger partial charge < -0.3 is 14.1 Å². The molecule has 3 heterocycles. The van der Waals surface area contributed by atoms with E-state index in [4.69, 9.17) is 9.15 Å². The van der Waals surface area contributed by atoms with Crippen molar-refractivity contribution < 1.29 is 13.9 Å². The zero-order chi connectivity index (χ0) is 20.3. The molecular weight excluding hydrogens is 364 g/mol. The summed E-state index contributed by atoms with van der Waals surface area (Å²) in [5.74, 6) is 2.22. The maximum atomic E-state index is 12.3. The Kier molecular flexibility index (Phi) is 6.07. The first-order chi connectivity index (χ1) is 14.1. The summed E-state index contributed by atoms with van der Waals surface area (Å²) < 4.78 is 11.4. The molecule has 1 amide bonds. The van der Waals surface area contributed by atoms with Crippen molar-refractivity contribution in [1.29, 1.82) is 0 Å². The second kappa shape index (κ2) is 8.72. The van der Waals surface area contributed by atoms with Crippen LogP contribution in [0.25, 0.3) is 11.3 Å². The fourth-order valence-corrected chi connectivity index (χ4v) is 4.84. The Hall–Kier alpha value is -2.11. The number of benzene rings is 1. The number of carbonyl (C=O) groups is 1. The number of amides is 1. The molecule has 1 atom stereocenters. The van der Waals surface area contributed by atoms with Crippen LogP contribution in [0.15, 0.2) is 40.8 Å². The quantitative estimate of drug-likeness (QED) is 0.737. The lowest BCUT2D eigenvalue weighted by Crippen LogP contribution is -2.54. The highest BCUT2D eigenvalue weighted by atomic mass is 16.5. The molecule has 5 nitrogen and oxygen atoms in total. The summed E-state index contributed by atoms with van der Waals surface area (Å²) in [6.07, 6.45) is 4.04. The third-order valence-electron chi connectivity index (χ3n) is 6.43. The lowest BCUT2D eigenvalue weighted by Gasteiger charge is -2.48. The zero-order valence-electron chi connectivity index (χ0n) is 17.7. The summed E-state index contributed by atoms with van der Waals surface area (Å²) in [5, 5.41) is 0. The van der Waals surface area contributed by atoms with E-state index in [1.165, 1.54) is 18.4 Å². The number of piperidine rings is 2. The van der Waals surface area contributed by atoms with Crippen molar-refractivity contribution in [2.75, 3.05) is 39.9 Å². The molecule has 0 radical (unpaired) electrons. The number of hydrogen-bond donors (Lipinski definition) is 0. The Morgan fingerprint density at radius 1 is 1.10 bits per heavy atom. The Morgan fingerprint density at radius 2 is 1.93 bits per heavy atom. The highest BCUT2D eigenvalue weighted by Crippen LogP contribution is 2.39. The van der Waals surface area contributed by atoms with Crippen LogP contribution >= 0.6 is 0 Å². The Morgan fingerprint density at radius 3 is 2.72 bits per heavy atom. The molecule has 5 heteroatoms. The molecule has 1 aromatic heterocycles. The van der Waals surface area contributed by atoms with E-state index >= 15 is 0 Å². The smallest absolute Gasteiger partial charge is 0.222 e. The third kappa shape index (κ3) is 4.73. The Balaban J connectivity index is 1.40. The van der Waals surface area contributed by atoms with Gasteiger partial charge in [-0.2, -0.15) is 0 Å². The predicted molar refractivity (Wildman–Crippen MR) is 114 cm³/mol. The SMILES string of the molecule is COCCN1C[C@@]2(CCCN(Cc3ccc(-c4ccc(C)cc4)o3)C2)CCC1=O. The van der Waals surface area contributed by atoms with Crippen LogP contribution in [0.1, 0.15) is 37.0 Å². The van der Waals surface area contributed by atoms with E-state index in [2.05, 4.69) is 48.2 Å². The molecule has 0 bridgehead atoms. The largest absolute Gasteiger partial charge is 0.460 e. The third-order valence-corrected chi connectivity index (χ3v) is 6.43. The predicted octanol–water partition coefficient (Wildman–Crippen LogP) is 4.11. The van der Waals surface area contributed by atoms with Crippen molar-refractivity contribution in [1.82, 2.24) is 9.80 Å². The molecule has 1 spiro atoms. The lowest BCUT2D eigenvalue weighted by atomic mass is 9.73. The Labute approximate surface area is 173 Å². The molecule has 2 saturated heterocycles. The first-order valence-corrected chi connectivity index (χ1v) is 10.7. The number of hydrogen-bond acceptors (Lipinski definition) is 4. The summed E-state index contributed by atoms with van der Waals surface area (Å²) >= 11 is 0. The molecule has 156 valence electrons. The number of carbonyl (C=O) groups excluding carboxylic acids is 1. The van der Waals surface area contributed by atoms with Gasteiger partial charge in [0.25, 0.3) is 0 Å². The number of methoxy groups -OCH3 is 1. The first-order valence-electron chi connectivity index (χ1n) is 10.7. The minimum absolute atomic E-state index is 0.215. The van der Waals surface area contributed by atoms with Gasteiger partial charge >= 0.3 is 0 Å². The van der Waals surface area contributed by atoms with E-state index in [0.717, 1.165) is 49.7 Å². The van der Waals surface area contributed by atoms with Gasteiger partial charge in [-0.3, -0.25) is 9.69 Å². The van der Waals surface area contributed by atoms with E-state index in [1.807, 2.05) is 4.90 Å². The minimum atomic E-state index is 0.215. The number of likely N-dealkylation sites (tertiary alicyclic amines) is 2. The molecule has 4 rings (SSSR count). The van der Waals surface area contributed by atoms with Crippen molar-refractivity contribution in [2.45, 2.75) is 39.2 Å². The number of furan rings is 1. The average molecular weight is 397 g/mol. The molecule has 2 aliphatic heterocycles. The summed E-state index contributed by atoms with van der Waals surface area (Å²) in [6.45, 7) is 7.23. The fourth-order valence-electron chi connectivity index (χ4n) is 4.84. The lowest BCUT2D eigenvalue weighted by molar-refractivity contribution is -0.140. The topological polar surface area (TPSA) is 45.9 Å². The zero-order valence-corrected chi connectivity index (χ0v) is 17.7. The van der Waals surface area contributed by atoms with Crippen LogP contribution in [-0.2, 0) is 16.1 Å². The normalized spacial score (nSPS) is 23.1. The molecule has 2 aromatic rings. The number of rotatable bonds is 6. The highest BCUT2D eigenvalue weighted by Gasteiger charge is 2.41. The van der Waals surface area contributed by atoms with Crippen LogP contribution in [0.4, 0.5) is 0 Å². The van der Waals surface area contributed by atoms with Gasteiger partial charge in [0.1, 0.15) is 11.5 Å². The maximum absolute atomic E-state index is 12.3. The van der Waals surface area contributed by atoms with Gasteiger partial charge in [-0.05, 0) is 44.9 Å². The second-order valence-electron chi connectivity index (χ2n) is 8.75. The highest BCUT2D eigenvalue weighted by molar-refractivity contribution is 5.77. The number of nitrogens with zero attached hydrogens (tertiary/aromatic N) is 2. The molecule has 0 N–H and O–H groups in total. The maximum Gasteiger partial charge on any atom is 0.222 e. The van der Waals surface area contributed by atoms with Crippen LogP contribution in [0, 0.1) is 12.3 Å². The van der Waals surface area contributed by atoms with Crippen LogP contribution in [0.3, 0.4) is 0 Å². The molecular formula is C24H32N2O3. The summed E-state index contributed by atoms with van der Waals surface area (Å²) in [6, 6.07) is 12.6. The molecule has 0 unspecified atom stereocenters. The van der Waals surface area contributed by atoms with Crippen molar-refractivity contribution in [2.24, 2.45) is 5.41 Å². The molecule has 2 fully saturated rings. The average Bonchev–Trinajstić information content (AvgIpc) is 3.18. The van der Waals surface area contributed by atoms with Crippen LogP contribution < -0.4 is 0 Å². The van der Waals surface area contributed by atoms with E-state index in [-0.39, 0.29) is 11.3 Å². The van der Waals surface area contributed by atoms with Gasteiger partial charge in [0.15, 0.2) is 0 Å².